The molecule has 5 nitrogen and oxygen atoms in total. The summed E-state index contributed by atoms with van der Waals surface area (Å²) < 4.78 is 5.41. The molecule has 1 fully saturated rings. The van der Waals surface area contributed by atoms with Gasteiger partial charge in [0.2, 0.25) is 5.91 Å². The van der Waals surface area contributed by atoms with Gasteiger partial charge in [-0.1, -0.05) is 19.1 Å². The van der Waals surface area contributed by atoms with E-state index >= 15 is 0 Å². The van der Waals surface area contributed by atoms with Crippen molar-refractivity contribution >= 4 is 5.91 Å². The number of ether oxygens (including phenoxy) is 1. The van der Waals surface area contributed by atoms with Crippen molar-refractivity contribution in [3.8, 4) is 5.75 Å². The number of hydrogen-bond donors (Lipinski definition) is 1. The lowest BCUT2D eigenvalue weighted by atomic mass is 10.1. The maximum absolute atomic E-state index is 12.4. The molecule has 1 saturated heterocycles. The molecule has 1 atom stereocenters. The van der Waals surface area contributed by atoms with E-state index in [1.54, 1.807) is 0 Å². The zero-order valence-corrected chi connectivity index (χ0v) is 14.2. The van der Waals surface area contributed by atoms with Crippen LogP contribution in [0.1, 0.15) is 25.8 Å². The third-order valence-electron chi connectivity index (χ3n) is 4.25. The number of rotatable bonds is 7. The van der Waals surface area contributed by atoms with Gasteiger partial charge < -0.3 is 14.7 Å². The van der Waals surface area contributed by atoms with E-state index in [-0.39, 0.29) is 12.0 Å². The summed E-state index contributed by atoms with van der Waals surface area (Å²) in [6.45, 7) is 8.46. The first-order chi connectivity index (χ1) is 11.1. The van der Waals surface area contributed by atoms with Gasteiger partial charge in [0, 0.05) is 32.7 Å². The fourth-order valence-corrected chi connectivity index (χ4v) is 2.76. The van der Waals surface area contributed by atoms with Crippen LogP contribution in [0.4, 0.5) is 0 Å². The second-order valence-electron chi connectivity index (χ2n) is 6.00. The predicted molar refractivity (Wildman–Crippen MR) is 90.6 cm³/mol. The van der Waals surface area contributed by atoms with Crippen molar-refractivity contribution in [1.29, 1.82) is 0 Å². The van der Waals surface area contributed by atoms with E-state index in [1.165, 1.54) is 0 Å². The lowest BCUT2D eigenvalue weighted by Gasteiger charge is -2.35. The summed E-state index contributed by atoms with van der Waals surface area (Å²) in [4.78, 5) is 16.5. The fraction of sp³-hybridized carbons (Fsp3) is 0.611. The molecular formula is C18H28N2O3. The smallest absolute Gasteiger partial charge is 0.227 e. The van der Waals surface area contributed by atoms with E-state index in [9.17, 15) is 9.90 Å². The number of carbonyl (C=O) groups is 1. The van der Waals surface area contributed by atoms with Gasteiger partial charge >= 0.3 is 0 Å². The Labute approximate surface area is 138 Å². The maximum atomic E-state index is 12.4. The molecule has 1 aliphatic heterocycles. The minimum atomic E-state index is -0.263. The number of carbonyl (C=O) groups excluding carboxylic acids is 1. The average molecular weight is 320 g/mol. The number of nitrogens with zero attached hydrogens (tertiary/aromatic N) is 2. The van der Waals surface area contributed by atoms with Crippen LogP contribution in [0.2, 0.25) is 0 Å². The molecule has 1 amide bonds. The molecule has 0 bridgehead atoms. The zero-order valence-electron chi connectivity index (χ0n) is 14.2. The standard InChI is InChI=1S/C18H28N2O3/c1-3-16(21)14-19-9-11-20(12-10-19)18(22)13-15-5-7-17(8-6-15)23-4-2/h5-8,16,21H,3-4,9-14H2,1-2H3/t16-/m0/s1. The molecular weight excluding hydrogens is 292 g/mol. The molecule has 0 saturated carbocycles. The molecule has 1 aromatic carbocycles. The quantitative estimate of drug-likeness (QED) is 0.828. The van der Waals surface area contributed by atoms with Gasteiger partial charge in [-0.05, 0) is 31.0 Å². The Kier molecular flexibility index (Phi) is 6.86. The number of aliphatic hydroxyl groups excluding tert-OH is 1. The van der Waals surface area contributed by atoms with Gasteiger partial charge in [-0.3, -0.25) is 9.69 Å². The van der Waals surface area contributed by atoms with Gasteiger partial charge in [0.25, 0.3) is 0 Å². The van der Waals surface area contributed by atoms with Crippen LogP contribution >= 0.6 is 0 Å². The highest BCUT2D eigenvalue weighted by molar-refractivity contribution is 5.78. The summed E-state index contributed by atoms with van der Waals surface area (Å²) in [5.74, 6) is 1.01. The van der Waals surface area contributed by atoms with Crippen molar-refractivity contribution in [2.24, 2.45) is 0 Å². The number of aliphatic hydroxyl groups is 1. The van der Waals surface area contributed by atoms with Crippen LogP contribution in [0, 0.1) is 0 Å². The molecule has 0 aromatic heterocycles. The molecule has 5 heteroatoms. The number of amides is 1. The van der Waals surface area contributed by atoms with Crippen LogP contribution in [-0.2, 0) is 11.2 Å². The Morgan fingerprint density at radius 1 is 1.17 bits per heavy atom. The minimum Gasteiger partial charge on any atom is -0.494 e. The zero-order chi connectivity index (χ0) is 16.7. The summed E-state index contributed by atoms with van der Waals surface area (Å²) in [6, 6.07) is 7.74. The third kappa shape index (κ3) is 5.52. The second-order valence-corrected chi connectivity index (χ2v) is 6.00. The van der Waals surface area contributed by atoms with Crippen molar-refractivity contribution in [3.05, 3.63) is 29.8 Å². The molecule has 1 aliphatic rings. The third-order valence-corrected chi connectivity index (χ3v) is 4.25. The van der Waals surface area contributed by atoms with E-state index in [2.05, 4.69) is 4.90 Å². The Morgan fingerprint density at radius 2 is 1.83 bits per heavy atom. The topological polar surface area (TPSA) is 53.0 Å². The van der Waals surface area contributed by atoms with Crippen molar-refractivity contribution in [2.75, 3.05) is 39.3 Å². The summed E-state index contributed by atoms with van der Waals surface area (Å²) in [5.41, 5.74) is 1.02. The first-order valence-corrected chi connectivity index (χ1v) is 8.52. The van der Waals surface area contributed by atoms with E-state index < -0.39 is 0 Å². The molecule has 0 unspecified atom stereocenters. The van der Waals surface area contributed by atoms with Gasteiger partial charge in [-0.25, -0.2) is 0 Å². The maximum Gasteiger partial charge on any atom is 0.227 e. The molecule has 1 aromatic rings. The van der Waals surface area contributed by atoms with E-state index in [4.69, 9.17) is 4.74 Å². The van der Waals surface area contributed by atoms with Crippen LogP contribution in [-0.4, -0.2) is 66.2 Å². The van der Waals surface area contributed by atoms with E-state index in [0.29, 0.717) is 19.6 Å². The lowest BCUT2D eigenvalue weighted by Crippen LogP contribution is -2.50. The molecule has 2 rings (SSSR count). The Balaban J connectivity index is 1.78. The summed E-state index contributed by atoms with van der Waals surface area (Å²) >= 11 is 0. The van der Waals surface area contributed by atoms with Gasteiger partial charge in [0.1, 0.15) is 5.75 Å². The van der Waals surface area contributed by atoms with Crippen LogP contribution in [0.15, 0.2) is 24.3 Å². The monoisotopic (exact) mass is 320 g/mol. The number of benzene rings is 1. The van der Waals surface area contributed by atoms with Gasteiger partial charge in [-0.2, -0.15) is 0 Å². The van der Waals surface area contributed by atoms with Crippen LogP contribution in [0.25, 0.3) is 0 Å². The van der Waals surface area contributed by atoms with Gasteiger partial charge in [-0.15, -0.1) is 0 Å². The number of piperazine rings is 1. The highest BCUT2D eigenvalue weighted by Gasteiger charge is 2.22. The molecule has 23 heavy (non-hydrogen) atoms. The molecule has 0 spiro atoms. The largest absolute Gasteiger partial charge is 0.494 e. The van der Waals surface area contributed by atoms with Crippen molar-refractivity contribution in [2.45, 2.75) is 32.8 Å². The number of β-amino-alcohol motifs (C(OH)–C–C–N with tert-alkyl or cyclic N) is 1. The molecule has 1 N–H and O–H groups in total. The lowest BCUT2D eigenvalue weighted by molar-refractivity contribution is -0.132. The van der Waals surface area contributed by atoms with Gasteiger partial charge in [0.05, 0.1) is 19.1 Å². The highest BCUT2D eigenvalue weighted by atomic mass is 16.5. The number of hydrogen-bond acceptors (Lipinski definition) is 4. The van der Waals surface area contributed by atoms with Crippen LogP contribution in [0.5, 0.6) is 5.75 Å². The van der Waals surface area contributed by atoms with Gasteiger partial charge in [0.15, 0.2) is 0 Å². The molecule has 0 aliphatic carbocycles. The Bertz CT molecular complexity index is 482. The van der Waals surface area contributed by atoms with Crippen molar-refractivity contribution < 1.29 is 14.6 Å². The fourth-order valence-electron chi connectivity index (χ4n) is 2.76. The molecule has 128 valence electrons. The SMILES string of the molecule is CCOc1ccc(CC(=O)N2CCN(C[C@@H](O)CC)CC2)cc1. The van der Waals surface area contributed by atoms with Crippen LogP contribution < -0.4 is 4.74 Å². The van der Waals surface area contributed by atoms with Crippen molar-refractivity contribution in [3.63, 3.8) is 0 Å². The minimum absolute atomic E-state index is 0.171. The summed E-state index contributed by atoms with van der Waals surface area (Å²) in [6.07, 6.45) is 0.946. The predicted octanol–water partition coefficient (Wildman–Crippen LogP) is 1.54. The normalized spacial score (nSPS) is 17.1. The van der Waals surface area contributed by atoms with E-state index in [0.717, 1.165) is 43.9 Å². The second kappa shape index (κ2) is 8.89. The van der Waals surface area contributed by atoms with E-state index in [1.807, 2.05) is 43.0 Å². The first kappa shape index (κ1) is 17.8. The summed E-state index contributed by atoms with van der Waals surface area (Å²) in [7, 11) is 0. The Morgan fingerprint density at radius 3 is 2.39 bits per heavy atom. The summed E-state index contributed by atoms with van der Waals surface area (Å²) in [5, 5.41) is 9.71. The van der Waals surface area contributed by atoms with Crippen molar-refractivity contribution in [1.82, 2.24) is 9.80 Å². The molecule has 1 heterocycles. The first-order valence-electron chi connectivity index (χ1n) is 8.52. The average Bonchev–Trinajstić information content (AvgIpc) is 2.57. The van der Waals surface area contributed by atoms with Crippen LogP contribution in [0.3, 0.4) is 0 Å². The highest BCUT2D eigenvalue weighted by Crippen LogP contribution is 2.14. The molecule has 0 radical (unpaired) electrons. The Hall–Kier alpha value is -1.59.